The highest BCUT2D eigenvalue weighted by Crippen LogP contribution is 2.25. The highest BCUT2D eigenvalue weighted by molar-refractivity contribution is 5.35. The van der Waals surface area contributed by atoms with Crippen molar-refractivity contribution in [1.29, 1.82) is 0 Å². The van der Waals surface area contributed by atoms with Gasteiger partial charge in [-0.25, -0.2) is 0 Å². The van der Waals surface area contributed by atoms with E-state index in [-0.39, 0.29) is 0 Å². The number of nitrogens with two attached hydrogens (primary N) is 1. The first-order valence-electron chi connectivity index (χ1n) is 7.29. The van der Waals surface area contributed by atoms with Gasteiger partial charge in [-0.1, -0.05) is 38.1 Å². The van der Waals surface area contributed by atoms with E-state index in [1.165, 1.54) is 11.1 Å². The SMILES string of the molecule is CCC(C)c1ccc(Oc2ccc(CCN)cc2)cc1. The summed E-state index contributed by atoms with van der Waals surface area (Å²) >= 11 is 0. The van der Waals surface area contributed by atoms with Crippen molar-refractivity contribution in [2.75, 3.05) is 6.54 Å². The Hall–Kier alpha value is -1.80. The molecule has 0 fully saturated rings. The van der Waals surface area contributed by atoms with Crippen LogP contribution in [-0.4, -0.2) is 6.54 Å². The summed E-state index contributed by atoms with van der Waals surface area (Å²) < 4.78 is 5.85. The first kappa shape index (κ1) is 14.6. The zero-order chi connectivity index (χ0) is 14.4. The van der Waals surface area contributed by atoms with Gasteiger partial charge < -0.3 is 10.5 Å². The van der Waals surface area contributed by atoms with Crippen LogP contribution in [0.5, 0.6) is 11.5 Å². The van der Waals surface area contributed by atoms with Gasteiger partial charge in [0.1, 0.15) is 11.5 Å². The summed E-state index contributed by atoms with van der Waals surface area (Å²) in [6.45, 7) is 5.13. The molecule has 2 nitrogen and oxygen atoms in total. The second-order valence-corrected chi connectivity index (χ2v) is 5.16. The van der Waals surface area contributed by atoms with E-state index in [2.05, 4.69) is 38.1 Å². The Labute approximate surface area is 121 Å². The van der Waals surface area contributed by atoms with Crippen molar-refractivity contribution in [3.63, 3.8) is 0 Å². The van der Waals surface area contributed by atoms with E-state index in [1.807, 2.05) is 24.3 Å². The van der Waals surface area contributed by atoms with E-state index in [0.717, 1.165) is 24.3 Å². The summed E-state index contributed by atoms with van der Waals surface area (Å²) in [6.07, 6.45) is 2.06. The van der Waals surface area contributed by atoms with Gasteiger partial charge in [0.2, 0.25) is 0 Å². The summed E-state index contributed by atoms with van der Waals surface area (Å²) in [6, 6.07) is 16.5. The Morgan fingerprint density at radius 2 is 1.50 bits per heavy atom. The lowest BCUT2D eigenvalue weighted by Crippen LogP contribution is -2.02. The average molecular weight is 269 g/mol. The molecule has 0 heterocycles. The highest BCUT2D eigenvalue weighted by atomic mass is 16.5. The van der Waals surface area contributed by atoms with E-state index >= 15 is 0 Å². The smallest absolute Gasteiger partial charge is 0.127 e. The molecule has 0 bridgehead atoms. The first-order chi connectivity index (χ1) is 9.72. The molecule has 2 rings (SSSR count). The lowest BCUT2D eigenvalue weighted by molar-refractivity contribution is 0.482. The maximum absolute atomic E-state index is 5.85. The van der Waals surface area contributed by atoms with Crippen molar-refractivity contribution in [2.24, 2.45) is 5.73 Å². The molecule has 106 valence electrons. The molecule has 2 aromatic rings. The van der Waals surface area contributed by atoms with E-state index in [1.54, 1.807) is 0 Å². The maximum atomic E-state index is 5.85. The third kappa shape index (κ3) is 3.84. The lowest BCUT2D eigenvalue weighted by Gasteiger charge is -2.11. The number of benzene rings is 2. The summed E-state index contributed by atoms with van der Waals surface area (Å²) in [7, 11) is 0. The van der Waals surface area contributed by atoms with Gasteiger partial charge in [-0.3, -0.25) is 0 Å². The standard InChI is InChI=1S/C18H23NO/c1-3-14(2)16-6-10-18(11-7-16)20-17-8-4-15(5-9-17)12-13-19/h4-11,14H,3,12-13,19H2,1-2H3. The Morgan fingerprint density at radius 3 is 2.00 bits per heavy atom. The summed E-state index contributed by atoms with van der Waals surface area (Å²) in [5, 5.41) is 0. The predicted molar refractivity (Wildman–Crippen MR) is 84.4 cm³/mol. The molecular weight excluding hydrogens is 246 g/mol. The minimum Gasteiger partial charge on any atom is -0.457 e. The summed E-state index contributed by atoms with van der Waals surface area (Å²) in [5.74, 6) is 2.34. The summed E-state index contributed by atoms with van der Waals surface area (Å²) in [5.41, 5.74) is 8.14. The molecule has 0 aliphatic carbocycles. The Morgan fingerprint density at radius 1 is 0.950 bits per heavy atom. The molecule has 1 atom stereocenters. The third-order valence-corrected chi connectivity index (χ3v) is 3.65. The topological polar surface area (TPSA) is 35.2 Å². The number of hydrogen-bond acceptors (Lipinski definition) is 2. The zero-order valence-corrected chi connectivity index (χ0v) is 12.3. The molecule has 0 radical (unpaired) electrons. The molecule has 0 aromatic heterocycles. The molecule has 0 aliphatic rings. The Balaban J connectivity index is 2.02. The van der Waals surface area contributed by atoms with Gasteiger partial charge in [0.25, 0.3) is 0 Å². The number of rotatable bonds is 6. The fraction of sp³-hybridized carbons (Fsp3) is 0.333. The molecule has 2 aromatic carbocycles. The fourth-order valence-electron chi connectivity index (χ4n) is 2.13. The largest absolute Gasteiger partial charge is 0.457 e. The molecule has 1 unspecified atom stereocenters. The van der Waals surface area contributed by atoms with E-state index in [0.29, 0.717) is 12.5 Å². The van der Waals surface area contributed by atoms with Gasteiger partial charge >= 0.3 is 0 Å². The fourth-order valence-corrected chi connectivity index (χ4v) is 2.13. The second-order valence-electron chi connectivity index (χ2n) is 5.16. The molecule has 2 N–H and O–H groups in total. The molecule has 0 amide bonds. The molecule has 0 saturated carbocycles. The van der Waals surface area contributed by atoms with Crippen molar-refractivity contribution in [3.8, 4) is 11.5 Å². The molecule has 2 heteroatoms. The minimum atomic E-state index is 0.597. The average Bonchev–Trinajstić information content (AvgIpc) is 2.49. The van der Waals surface area contributed by atoms with Gasteiger partial charge in [-0.15, -0.1) is 0 Å². The van der Waals surface area contributed by atoms with Crippen molar-refractivity contribution < 1.29 is 4.74 Å². The van der Waals surface area contributed by atoms with Gasteiger partial charge in [-0.05, 0) is 60.7 Å². The van der Waals surface area contributed by atoms with Crippen LogP contribution in [0.4, 0.5) is 0 Å². The van der Waals surface area contributed by atoms with Crippen molar-refractivity contribution in [3.05, 3.63) is 59.7 Å². The van der Waals surface area contributed by atoms with E-state index in [9.17, 15) is 0 Å². The monoisotopic (exact) mass is 269 g/mol. The quantitative estimate of drug-likeness (QED) is 0.838. The second kappa shape index (κ2) is 7.11. The zero-order valence-electron chi connectivity index (χ0n) is 12.3. The maximum Gasteiger partial charge on any atom is 0.127 e. The lowest BCUT2D eigenvalue weighted by atomic mass is 9.99. The first-order valence-corrected chi connectivity index (χ1v) is 7.29. The molecule has 0 saturated heterocycles. The number of ether oxygens (including phenoxy) is 1. The normalized spacial score (nSPS) is 12.2. The van der Waals surface area contributed by atoms with Crippen LogP contribution in [0, 0.1) is 0 Å². The predicted octanol–water partition coefficient (Wildman–Crippen LogP) is 4.49. The molecule has 20 heavy (non-hydrogen) atoms. The minimum absolute atomic E-state index is 0.597. The molecular formula is C18H23NO. The highest BCUT2D eigenvalue weighted by Gasteiger charge is 2.03. The van der Waals surface area contributed by atoms with Gasteiger partial charge in [0, 0.05) is 0 Å². The summed E-state index contributed by atoms with van der Waals surface area (Å²) in [4.78, 5) is 0. The van der Waals surface area contributed by atoms with Crippen LogP contribution in [0.25, 0.3) is 0 Å². The molecule has 0 spiro atoms. The Kier molecular flexibility index (Phi) is 5.19. The van der Waals surface area contributed by atoms with E-state index < -0.39 is 0 Å². The van der Waals surface area contributed by atoms with Gasteiger partial charge in [0.05, 0.1) is 0 Å². The van der Waals surface area contributed by atoms with Crippen molar-refractivity contribution in [1.82, 2.24) is 0 Å². The third-order valence-electron chi connectivity index (χ3n) is 3.65. The van der Waals surface area contributed by atoms with Crippen LogP contribution in [0.15, 0.2) is 48.5 Å². The van der Waals surface area contributed by atoms with Crippen LogP contribution < -0.4 is 10.5 Å². The van der Waals surface area contributed by atoms with Crippen molar-refractivity contribution in [2.45, 2.75) is 32.6 Å². The number of hydrogen-bond donors (Lipinski definition) is 1. The van der Waals surface area contributed by atoms with Gasteiger partial charge in [-0.2, -0.15) is 0 Å². The van der Waals surface area contributed by atoms with Gasteiger partial charge in [0.15, 0.2) is 0 Å². The van der Waals surface area contributed by atoms with Crippen LogP contribution in [0.2, 0.25) is 0 Å². The van der Waals surface area contributed by atoms with Crippen LogP contribution in [0.1, 0.15) is 37.3 Å². The van der Waals surface area contributed by atoms with Crippen LogP contribution >= 0.6 is 0 Å². The van der Waals surface area contributed by atoms with Crippen LogP contribution in [-0.2, 0) is 6.42 Å². The van der Waals surface area contributed by atoms with E-state index in [4.69, 9.17) is 10.5 Å². The molecule has 0 aliphatic heterocycles. The van der Waals surface area contributed by atoms with Crippen LogP contribution in [0.3, 0.4) is 0 Å². The van der Waals surface area contributed by atoms with Crippen molar-refractivity contribution >= 4 is 0 Å². The Bertz CT molecular complexity index is 516.